The van der Waals surface area contributed by atoms with Gasteiger partial charge in [0.1, 0.15) is 11.4 Å². The number of H-pyrrole nitrogens is 1. The van der Waals surface area contributed by atoms with Crippen molar-refractivity contribution in [1.82, 2.24) is 25.4 Å². The van der Waals surface area contributed by atoms with Gasteiger partial charge in [0, 0.05) is 34.8 Å². The average molecular weight is 357 g/mol. The summed E-state index contributed by atoms with van der Waals surface area (Å²) in [7, 11) is 0. The number of phenolic OH excluding ortho intramolecular Hbond substituents is 1. The van der Waals surface area contributed by atoms with Gasteiger partial charge in [0.05, 0.1) is 18.9 Å². The smallest absolute Gasteiger partial charge is 0.249 e. The second-order valence-electron chi connectivity index (χ2n) is 6.35. The van der Waals surface area contributed by atoms with E-state index in [2.05, 4.69) is 25.4 Å². The van der Waals surface area contributed by atoms with Crippen LogP contribution in [-0.2, 0) is 0 Å². The highest BCUT2D eigenvalue weighted by Crippen LogP contribution is 2.33. The molecule has 0 bridgehead atoms. The molecule has 8 nitrogen and oxygen atoms in total. The highest BCUT2D eigenvalue weighted by atomic mass is 16.3. The zero-order valence-corrected chi connectivity index (χ0v) is 14.2. The Kier molecular flexibility index (Phi) is 3.29. The van der Waals surface area contributed by atoms with Crippen LogP contribution in [0.25, 0.3) is 22.4 Å². The third-order valence-electron chi connectivity index (χ3n) is 4.66. The predicted octanol–water partition coefficient (Wildman–Crippen LogP) is 2.12. The molecule has 5 rings (SSSR count). The highest BCUT2D eigenvalue weighted by Gasteiger charge is 2.25. The van der Waals surface area contributed by atoms with E-state index in [-0.39, 0.29) is 5.75 Å². The van der Waals surface area contributed by atoms with Crippen molar-refractivity contribution in [3.8, 4) is 28.1 Å². The quantitative estimate of drug-likeness (QED) is 0.657. The molecule has 3 heterocycles. The lowest BCUT2D eigenvalue weighted by Crippen LogP contribution is -2.17. The van der Waals surface area contributed by atoms with E-state index in [4.69, 9.17) is 5.73 Å². The molecule has 0 fully saturated rings. The minimum Gasteiger partial charge on any atom is -0.507 e. The fourth-order valence-electron chi connectivity index (χ4n) is 3.22. The van der Waals surface area contributed by atoms with E-state index in [1.165, 1.54) is 0 Å². The van der Waals surface area contributed by atoms with E-state index < -0.39 is 0 Å². The van der Waals surface area contributed by atoms with Crippen molar-refractivity contribution in [2.75, 3.05) is 11.4 Å². The van der Waals surface area contributed by atoms with Crippen LogP contribution in [0.5, 0.6) is 5.75 Å². The maximum absolute atomic E-state index is 10.4. The van der Waals surface area contributed by atoms with Gasteiger partial charge < -0.3 is 15.7 Å². The Balaban J connectivity index is 1.41. The van der Waals surface area contributed by atoms with Crippen LogP contribution in [0.4, 0.5) is 5.95 Å². The normalized spacial score (nSPS) is 15.4. The van der Waals surface area contributed by atoms with Crippen LogP contribution in [0.2, 0.25) is 0 Å². The number of nitrogens with zero attached hydrogens (tertiary/aromatic N) is 5. The second-order valence-corrected chi connectivity index (χ2v) is 6.35. The Bertz CT molecular complexity index is 1110. The summed E-state index contributed by atoms with van der Waals surface area (Å²) in [4.78, 5) is 6.30. The number of hydrogen-bond donors (Lipinski definition) is 3. The van der Waals surface area contributed by atoms with Crippen LogP contribution in [0.3, 0.4) is 0 Å². The molecule has 0 amide bonds. The Hall–Kier alpha value is -3.94. The molecule has 132 valence electrons. The summed E-state index contributed by atoms with van der Waals surface area (Å²) in [6.07, 6.45) is 10.9. The SMILES string of the molecule is NC1=CC=C2CN(c3ncc(-c4ccc(-c5cn[nH]c5)cc4O)nn3)C=C12. The molecule has 0 spiro atoms. The van der Waals surface area contributed by atoms with E-state index in [1.54, 1.807) is 30.7 Å². The maximum Gasteiger partial charge on any atom is 0.249 e. The van der Waals surface area contributed by atoms with Gasteiger partial charge in [0.25, 0.3) is 0 Å². The lowest BCUT2D eigenvalue weighted by molar-refractivity contribution is 0.477. The summed E-state index contributed by atoms with van der Waals surface area (Å²) < 4.78 is 0. The van der Waals surface area contributed by atoms with Crippen LogP contribution in [0, 0.1) is 0 Å². The van der Waals surface area contributed by atoms with Crippen LogP contribution in [0.15, 0.2) is 72.0 Å². The third-order valence-corrected chi connectivity index (χ3v) is 4.66. The highest BCUT2D eigenvalue weighted by molar-refractivity contribution is 5.73. The molecule has 2 aliphatic rings. The molecule has 0 saturated heterocycles. The van der Waals surface area contributed by atoms with Crippen LogP contribution < -0.4 is 10.6 Å². The molecule has 1 aliphatic carbocycles. The van der Waals surface area contributed by atoms with Crippen molar-refractivity contribution in [3.63, 3.8) is 0 Å². The van der Waals surface area contributed by atoms with Gasteiger partial charge in [0.2, 0.25) is 5.95 Å². The van der Waals surface area contributed by atoms with Crippen molar-refractivity contribution in [2.45, 2.75) is 0 Å². The minimum absolute atomic E-state index is 0.110. The molecule has 0 saturated carbocycles. The second kappa shape index (κ2) is 5.80. The number of nitrogens with two attached hydrogens (primary N) is 1. The average Bonchev–Trinajstić information content (AvgIpc) is 3.41. The molecule has 27 heavy (non-hydrogen) atoms. The minimum atomic E-state index is 0.110. The van der Waals surface area contributed by atoms with E-state index >= 15 is 0 Å². The summed E-state index contributed by atoms with van der Waals surface area (Å²) in [6.45, 7) is 0.665. The Morgan fingerprint density at radius 1 is 1.11 bits per heavy atom. The first-order valence-electron chi connectivity index (χ1n) is 8.37. The van der Waals surface area contributed by atoms with Gasteiger partial charge >= 0.3 is 0 Å². The molecule has 0 atom stereocenters. The first-order chi connectivity index (χ1) is 13.2. The van der Waals surface area contributed by atoms with Crippen LogP contribution >= 0.6 is 0 Å². The summed E-state index contributed by atoms with van der Waals surface area (Å²) in [5.74, 6) is 0.599. The number of aromatic hydroxyl groups is 1. The number of rotatable bonds is 3. The van der Waals surface area contributed by atoms with E-state index in [9.17, 15) is 5.11 Å². The molecule has 1 aliphatic heterocycles. The van der Waals surface area contributed by atoms with Gasteiger partial charge in [-0.2, -0.15) is 5.10 Å². The van der Waals surface area contributed by atoms with Crippen molar-refractivity contribution in [2.24, 2.45) is 5.73 Å². The van der Waals surface area contributed by atoms with E-state index in [1.807, 2.05) is 29.3 Å². The lowest BCUT2D eigenvalue weighted by Gasteiger charge is -2.12. The van der Waals surface area contributed by atoms with Crippen LogP contribution in [-0.4, -0.2) is 37.0 Å². The largest absolute Gasteiger partial charge is 0.507 e. The van der Waals surface area contributed by atoms with Gasteiger partial charge in [-0.05, 0) is 29.3 Å². The van der Waals surface area contributed by atoms with E-state index in [0.717, 1.165) is 28.0 Å². The molecule has 2 aromatic heterocycles. The Morgan fingerprint density at radius 2 is 2.04 bits per heavy atom. The van der Waals surface area contributed by atoms with Crippen molar-refractivity contribution in [1.29, 1.82) is 0 Å². The molecule has 4 N–H and O–H groups in total. The maximum atomic E-state index is 10.4. The fourth-order valence-corrected chi connectivity index (χ4v) is 3.22. The molecule has 8 heteroatoms. The summed E-state index contributed by atoms with van der Waals surface area (Å²) in [5.41, 5.74) is 11.7. The zero-order chi connectivity index (χ0) is 18.4. The molecule has 3 aromatic rings. The summed E-state index contributed by atoms with van der Waals surface area (Å²) >= 11 is 0. The van der Waals surface area contributed by atoms with Gasteiger partial charge in [-0.25, -0.2) is 4.98 Å². The van der Waals surface area contributed by atoms with Crippen molar-refractivity contribution in [3.05, 3.63) is 72.0 Å². The summed E-state index contributed by atoms with van der Waals surface area (Å²) in [5, 5.41) is 25.5. The molecule has 0 unspecified atom stereocenters. The first kappa shape index (κ1) is 15.3. The number of fused-ring (bicyclic) bond motifs is 1. The zero-order valence-electron chi connectivity index (χ0n) is 14.2. The number of nitrogens with one attached hydrogen (secondary N) is 1. The molecule has 0 radical (unpaired) electrons. The number of anilines is 1. The van der Waals surface area contributed by atoms with Gasteiger partial charge in [-0.3, -0.25) is 5.10 Å². The van der Waals surface area contributed by atoms with Gasteiger partial charge in [0.15, 0.2) is 0 Å². The lowest BCUT2D eigenvalue weighted by atomic mass is 10.0. The van der Waals surface area contributed by atoms with Gasteiger partial charge in [-0.15, -0.1) is 10.2 Å². The van der Waals surface area contributed by atoms with E-state index in [0.29, 0.717) is 23.8 Å². The molecule has 1 aromatic carbocycles. The van der Waals surface area contributed by atoms with Crippen molar-refractivity contribution < 1.29 is 5.11 Å². The number of aromatic amines is 1. The molecular weight excluding hydrogens is 342 g/mol. The topological polar surface area (TPSA) is 117 Å². The number of hydrogen-bond acceptors (Lipinski definition) is 7. The van der Waals surface area contributed by atoms with Gasteiger partial charge in [-0.1, -0.05) is 12.1 Å². The number of aromatic nitrogens is 5. The van der Waals surface area contributed by atoms with Crippen LogP contribution in [0.1, 0.15) is 0 Å². The molecular formula is C19H15N7O. The third kappa shape index (κ3) is 2.54. The fraction of sp³-hybridized carbons (Fsp3) is 0.0526. The number of benzene rings is 1. The number of allylic oxidation sites excluding steroid dienone is 3. The monoisotopic (exact) mass is 357 g/mol. The summed E-state index contributed by atoms with van der Waals surface area (Å²) in [6, 6.07) is 5.36. The number of phenols is 1. The standard InChI is InChI=1S/C19H15N7O/c20-16-4-2-12-9-26(10-15(12)16)19-21-8-17(24-25-19)14-3-1-11(5-18(14)27)13-6-22-23-7-13/h1-8,10,27H,9,20H2,(H,22,23). The Labute approximate surface area is 154 Å². The first-order valence-corrected chi connectivity index (χ1v) is 8.37. The van der Waals surface area contributed by atoms with Crippen molar-refractivity contribution >= 4 is 5.95 Å². The Morgan fingerprint density at radius 3 is 2.74 bits per heavy atom. The predicted molar refractivity (Wildman–Crippen MR) is 100 cm³/mol.